The van der Waals surface area contributed by atoms with Crippen molar-refractivity contribution in [3.05, 3.63) is 42.2 Å². The van der Waals surface area contributed by atoms with E-state index in [1.54, 1.807) is 12.4 Å². The minimum Gasteiger partial charge on any atom is -0.487 e. The molecule has 4 heteroatoms. The van der Waals surface area contributed by atoms with Crippen molar-refractivity contribution in [3.8, 4) is 17.1 Å². The molecule has 36 heavy (non-hydrogen) atoms. The van der Waals surface area contributed by atoms with Gasteiger partial charge in [-0.2, -0.15) is 0 Å². The summed E-state index contributed by atoms with van der Waals surface area (Å²) in [5.41, 5.74) is 2.37. The lowest BCUT2D eigenvalue weighted by atomic mass is 9.97. The van der Waals surface area contributed by atoms with Crippen molar-refractivity contribution in [2.45, 2.75) is 130 Å². The number of nitrogens with zero attached hydrogens (tertiary/aromatic N) is 2. The molecule has 0 amide bonds. The number of unbranched alkanes of at least 4 members (excludes halogenated alkanes) is 9. The monoisotopic (exact) mass is 498 g/mol. The average Bonchev–Trinajstić information content (AvgIpc) is 2.90. The van der Waals surface area contributed by atoms with Crippen molar-refractivity contribution in [2.75, 3.05) is 6.61 Å². The second kappa shape index (κ2) is 19.2. The molecular weight excluding hydrogens is 447 g/mol. The van der Waals surface area contributed by atoms with E-state index >= 15 is 0 Å². The highest BCUT2D eigenvalue weighted by Crippen LogP contribution is 2.20. The summed E-state index contributed by atoms with van der Waals surface area (Å²) in [6.07, 6.45) is 21.9. The van der Waals surface area contributed by atoms with Gasteiger partial charge in [-0.15, -0.1) is 0 Å². The van der Waals surface area contributed by atoms with Crippen molar-refractivity contribution in [3.63, 3.8) is 0 Å². The normalized spacial score (nSPS) is 13.0. The van der Waals surface area contributed by atoms with Gasteiger partial charge in [0.05, 0.1) is 12.4 Å². The predicted octanol–water partition coefficient (Wildman–Crippen LogP) is 9.93. The Morgan fingerprint density at radius 2 is 1.31 bits per heavy atom. The van der Waals surface area contributed by atoms with Crippen molar-refractivity contribution in [1.82, 2.24) is 9.97 Å². The van der Waals surface area contributed by atoms with E-state index in [9.17, 15) is 4.39 Å². The Bertz CT molecular complexity index is 778. The number of hydrogen-bond donors (Lipinski definition) is 0. The van der Waals surface area contributed by atoms with Crippen molar-refractivity contribution in [1.29, 1.82) is 0 Å². The third kappa shape index (κ3) is 13.4. The largest absolute Gasteiger partial charge is 0.487 e. The molecule has 1 heterocycles. The zero-order chi connectivity index (χ0) is 25.8. The van der Waals surface area contributed by atoms with Gasteiger partial charge >= 0.3 is 0 Å². The third-order valence-corrected chi connectivity index (χ3v) is 7.10. The smallest absolute Gasteiger partial charge is 0.159 e. The molecule has 1 aromatic heterocycles. The molecule has 2 unspecified atom stereocenters. The van der Waals surface area contributed by atoms with Gasteiger partial charge in [-0.05, 0) is 30.7 Å². The van der Waals surface area contributed by atoms with Gasteiger partial charge in [0.15, 0.2) is 11.6 Å². The Kier molecular flexibility index (Phi) is 16.1. The van der Waals surface area contributed by atoms with Crippen LogP contribution in [0.2, 0.25) is 0 Å². The summed E-state index contributed by atoms with van der Waals surface area (Å²) in [6.45, 7) is 6.85. The molecule has 0 radical (unpaired) electrons. The average molecular weight is 499 g/mol. The summed E-state index contributed by atoms with van der Waals surface area (Å²) < 4.78 is 19.9. The molecule has 0 N–H and O–H groups in total. The number of ether oxygens (including phenoxy) is 1. The van der Waals surface area contributed by atoms with Crippen LogP contribution >= 0.6 is 0 Å². The van der Waals surface area contributed by atoms with E-state index in [2.05, 4.69) is 55.0 Å². The molecule has 0 spiro atoms. The number of alkyl halides is 1. The Hall–Kier alpha value is -1.97. The summed E-state index contributed by atoms with van der Waals surface area (Å²) in [7, 11) is 0. The molecule has 202 valence electrons. The van der Waals surface area contributed by atoms with Crippen LogP contribution in [0.5, 0.6) is 5.75 Å². The van der Waals surface area contributed by atoms with Crippen molar-refractivity contribution < 1.29 is 9.13 Å². The van der Waals surface area contributed by atoms with Crippen molar-refractivity contribution >= 4 is 0 Å². The summed E-state index contributed by atoms with van der Waals surface area (Å²) >= 11 is 0. The first-order chi connectivity index (χ1) is 17.6. The van der Waals surface area contributed by atoms with Crippen LogP contribution in [0.15, 0.2) is 36.7 Å². The first kappa shape index (κ1) is 30.3. The fourth-order valence-electron chi connectivity index (χ4n) is 4.67. The first-order valence-electron chi connectivity index (χ1n) is 14.8. The van der Waals surface area contributed by atoms with E-state index in [0.29, 0.717) is 23.9 Å². The maximum atomic E-state index is 14.3. The molecule has 2 rings (SSSR count). The summed E-state index contributed by atoms with van der Waals surface area (Å²) in [6, 6.07) is 8.55. The van der Waals surface area contributed by atoms with Crippen LogP contribution in [0.4, 0.5) is 4.39 Å². The Morgan fingerprint density at radius 1 is 0.722 bits per heavy atom. The SMILES string of the molecule is CCCCCCCCCCc1ccc(-c2ncc(OCC(F)CCCC(C)CCCCC)cn2)cc1. The van der Waals surface area contributed by atoms with Gasteiger partial charge in [-0.25, -0.2) is 14.4 Å². The zero-order valence-corrected chi connectivity index (χ0v) is 23.3. The summed E-state index contributed by atoms with van der Waals surface area (Å²) in [4.78, 5) is 8.87. The van der Waals surface area contributed by atoms with Gasteiger partial charge in [0.25, 0.3) is 0 Å². The molecule has 0 aliphatic heterocycles. The van der Waals surface area contributed by atoms with E-state index in [0.717, 1.165) is 24.8 Å². The first-order valence-corrected chi connectivity index (χ1v) is 14.8. The molecule has 2 aromatic rings. The topological polar surface area (TPSA) is 35.0 Å². The van der Waals surface area contributed by atoms with E-state index in [1.165, 1.54) is 82.6 Å². The molecule has 3 nitrogen and oxygen atoms in total. The third-order valence-electron chi connectivity index (χ3n) is 7.10. The van der Waals surface area contributed by atoms with Gasteiger partial charge < -0.3 is 4.74 Å². The predicted molar refractivity (Wildman–Crippen MR) is 151 cm³/mol. The molecule has 0 saturated carbocycles. The van der Waals surface area contributed by atoms with E-state index in [1.807, 2.05) is 0 Å². The van der Waals surface area contributed by atoms with Gasteiger partial charge in [0.1, 0.15) is 12.8 Å². The molecule has 0 bridgehead atoms. The molecular formula is C32H51FN2O. The lowest BCUT2D eigenvalue weighted by molar-refractivity contribution is 0.181. The van der Waals surface area contributed by atoms with Gasteiger partial charge in [-0.1, -0.05) is 129 Å². The highest BCUT2D eigenvalue weighted by molar-refractivity contribution is 5.55. The van der Waals surface area contributed by atoms with Gasteiger partial charge in [-0.3, -0.25) is 0 Å². The fraction of sp³-hybridized carbons (Fsp3) is 0.688. The van der Waals surface area contributed by atoms with Crippen LogP contribution < -0.4 is 4.74 Å². The number of hydrogen-bond acceptors (Lipinski definition) is 3. The molecule has 0 aliphatic carbocycles. The minimum atomic E-state index is -0.943. The highest BCUT2D eigenvalue weighted by atomic mass is 19.1. The number of halogens is 1. The van der Waals surface area contributed by atoms with E-state index in [-0.39, 0.29) is 6.61 Å². The number of rotatable bonds is 21. The maximum Gasteiger partial charge on any atom is 0.159 e. The number of aromatic nitrogens is 2. The maximum absolute atomic E-state index is 14.3. The standard InChI is InChI=1S/C32H51FN2O/c1-4-6-8-9-10-11-12-14-18-28-20-22-29(23-21-28)32-34-24-31(25-35-32)36-26-30(33)19-15-17-27(3)16-13-7-5-2/h20-25,27,30H,4-19,26H2,1-3H3. The van der Waals surface area contributed by atoms with Gasteiger partial charge in [0.2, 0.25) is 0 Å². The molecule has 1 aromatic carbocycles. The minimum absolute atomic E-state index is 0.0698. The fourth-order valence-corrected chi connectivity index (χ4v) is 4.67. The Morgan fingerprint density at radius 3 is 1.97 bits per heavy atom. The Balaban J connectivity index is 1.63. The van der Waals surface area contributed by atoms with E-state index < -0.39 is 6.17 Å². The molecule has 2 atom stereocenters. The second-order valence-electron chi connectivity index (χ2n) is 10.6. The summed E-state index contributed by atoms with van der Waals surface area (Å²) in [5.74, 6) is 1.89. The highest BCUT2D eigenvalue weighted by Gasteiger charge is 2.10. The quantitative estimate of drug-likeness (QED) is 0.161. The van der Waals surface area contributed by atoms with Crippen LogP contribution in [0.25, 0.3) is 11.4 Å². The molecule has 0 aliphatic rings. The van der Waals surface area contributed by atoms with Crippen LogP contribution in [-0.2, 0) is 6.42 Å². The lowest BCUT2D eigenvalue weighted by Crippen LogP contribution is -2.13. The lowest BCUT2D eigenvalue weighted by Gasteiger charge is -2.13. The van der Waals surface area contributed by atoms with Gasteiger partial charge in [0, 0.05) is 5.56 Å². The number of benzene rings is 1. The molecule has 0 saturated heterocycles. The zero-order valence-electron chi connectivity index (χ0n) is 23.3. The van der Waals surface area contributed by atoms with Crippen LogP contribution in [0, 0.1) is 5.92 Å². The van der Waals surface area contributed by atoms with E-state index in [4.69, 9.17) is 4.74 Å². The van der Waals surface area contributed by atoms with Crippen LogP contribution in [0.1, 0.15) is 123 Å². The summed E-state index contributed by atoms with van der Waals surface area (Å²) in [5, 5.41) is 0. The Labute approximate surface area is 220 Å². The number of aryl methyl sites for hydroxylation is 1. The van der Waals surface area contributed by atoms with Crippen LogP contribution in [-0.4, -0.2) is 22.7 Å². The second-order valence-corrected chi connectivity index (χ2v) is 10.6. The van der Waals surface area contributed by atoms with Crippen LogP contribution in [0.3, 0.4) is 0 Å². The van der Waals surface area contributed by atoms with Crippen molar-refractivity contribution in [2.24, 2.45) is 5.92 Å². The molecule has 0 fully saturated rings.